The molecule has 2 aromatic rings. The third-order valence-corrected chi connectivity index (χ3v) is 6.08. The average Bonchev–Trinajstić information content (AvgIpc) is 2.51. The van der Waals surface area contributed by atoms with Crippen LogP contribution in [-0.2, 0) is 35.8 Å². The van der Waals surface area contributed by atoms with Gasteiger partial charge in [-0.25, -0.2) is 17.5 Å². The lowest BCUT2D eigenvalue weighted by atomic mass is 10.1. The summed E-state index contributed by atoms with van der Waals surface area (Å²) >= 11 is 5.96. The first-order valence-electron chi connectivity index (χ1n) is 7.24. The molecule has 6 nitrogen and oxygen atoms in total. The van der Waals surface area contributed by atoms with E-state index in [2.05, 4.69) is 5.10 Å². The second kappa shape index (κ2) is 6.27. The van der Waals surface area contributed by atoms with Gasteiger partial charge in [0.15, 0.2) is 0 Å². The number of sulfonamides is 1. The van der Waals surface area contributed by atoms with Crippen LogP contribution in [0.1, 0.15) is 16.8 Å². The third kappa shape index (κ3) is 3.35. The molecule has 0 radical (unpaired) electrons. The van der Waals surface area contributed by atoms with E-state index in [0.29, 0.717) is 17.7 Å². The van der Waals surface area contributed by atoms with Crippen LogP contribution in [0.2, 0.25) is 5.02 Å². The second-order valence-electron chi connectivity index (χ2n) is 5.65. The average molecular weight is 372 g/mol. The minimum absolute atomic E-state index is 0.0771. The molecule has 128 valence electrons. The molecule has 1 aromatic heterocycles. The standard InChI is InChI=1S/C15H15ClFN3O3S/c1-19-15(21)7-10-8-20(5-4-14(10)18-19)24(22,23)9-11-6-12(17)2-3-13(11)16/h2-3,6-7H,4-5,8-9H2,1H3. The molecule has 1 aliphatic rings. The van der Waals surface area contributed by atoms with Crippen molar-refractivity contribution in [1.29, 1.82) is 0 Å². The highest BCUT2D eigenvalue weighted by Crippen LogP contribution is 2.24. The second-order valence-corrected chi connectivity index (χ2v) is 8.03. The fourth-order valence-electron chi connectivity index (χ4n) is 2.65. The number of hydrogen-bond acceptors (Lipinski definition) is 4. The van der Waals surface area contributed by atoms with Crippen molar-refractivity contribution in [3.63, 3.8) is 0 Å². The van der Waals surface area contributed by atoms with Gasteiger partial charge in [0.1, 0.15) is 5.82 Å². The molecule has 0 spiro atoms. The lowest BCUT2D eigenvalue weighted by molar-refractivity contribution is 0.382. The summed E-state index contributed by atoms with van der Waals surface area (Å²) in [7, 11) is -2.14. The van der Waals surface area contributed by atoms with E-state index >= 15 is 0 Å². The topological polar surface area (TPSA) is 72.3 Å². The summed E-state index contributed by atoms with van der Waals surface area (Å²) in [5.74, 6) is -0.932. The van der Waals surface area contributed by atoms with Gasteiger partial charge in [-0.2, -0.15) is 9.40 Å². The summed E-state index contributed by atoms with van der Waals surface area (Å²) in [4.78, 5) is 11.7. The molecule has 0 atom stereocenters. The zero-order valence-corrected chi connectivity index (χ0v) is 14.4. The van der Waals surface area contributed by atoms with Gasteiger partial charge in [-0.3, -0.25) is 4.79 Å². The van der Waals surface area contributed by atoms with E-state index in [4.69, 9.17) is 11.6 Å². The van der Waals surface area contributed by atoms with E-state index < -0.39 is 21.6 Å². The predicted molar refractivity (Wildman–Crippen MR) is 87.6 cm³/mol. The van der Waals surface area contributed by atoms with Gasteiger partial charge in [-0.15, -0.1) is 0 Å². The molecule has 24 heavy (non-hydrogen) atoms. The van der Waals surface area contributed by atoms with Crippen LogP contribution in [0.5, 0.6) is 0 Å². The highest BCUT2D eigenvalue weighted by molar-refractivity contribution is 7.88. The molecule has 0 fully saturated rings. The Balaban J connectivity index is 1.87. The largest absolute Gasteiger partial charge is 0.268 e. The molecule has 1 aliphatic heterocycles. The highest BCUT2D eigenvalue weighted by atomic mass is 35.5. The zero-order valence-electron chi connectivity index (χ0n) is 12.9. The molecule has 0 bridgehead atoms. The predicted octanol–water partition coefficient (Wildman–Crippen LogP) is 1.46. The number of aromatic nitrogens is 2. The van der Waals surface area contributed by atoms with Crippen molar-refractivity contribution < 1.29 is 12.8 Å². The Morgan fingerprint density at radius 2 is 2.08 bits per heavy atom. The van der Waals surface area contributed by atoms with Crippen LogP contribution >= 0.6 is 11.6 Å². The van der Waals surface area contributed by atoms with Gasteiger partial charge >= 0.3 is 0 Å². The van der Waals surface area contributed by atoms with Crippen LogP contribution in [0.25, 0.3) is 0 Å². The Morgan fingerprint density at radius 3 is 2.83 bits per heavy atom. The molecule has 0 saturated carbocycles. The smallest absolute Gasteiger partial charge is 0.266 e. The number of hydrogen-bond donors (Lipinski definition) is 0. The van der Waals surface area contributed by atoms with E-state index in [1.807, 2.05) is 0 Å². The first-order chi connectivity index (χ1) is 11.3. The summed E-state index contributed by atoms with van der Waals surface area (Å²) in [6.45, 7) is 0.334. The first kappa shape index (κ1) is 17.1. The Morgan fingerprint density at radius 1 is 1.33 bits per heavy atom. The lowest BCUT2D eigenvalue weighted by Gasteiger charge is -2.27. The van der Waals surface area contributed by atoms with Crippen molar-refractivity contribution in [1.82, 2.24) is 14.1 Å². The van der Waals surface area contributed by atoms with Crippen molar-refractivity contribution >= 4 is 21.6 Å². The fourth-order valence-corrected chi connectivity index (χ4v) is 4.43. The summed E-state index contributed by atoms with van der Waals surface area (Å²) in [6.07, 6.45) is 0.416. The Kier molecular flexibility index (Phi) is 4.46. The van der Waals surface area contributed by atoms with E-state index in [-0.39, 0.29) is 29.2 Å². The molecule has 0 saturated heterocycles. The van der Waals surface area contributed by atoms with E-state index in [1.165, 1.54) is 27.2 Å². The highest BCUT2D eigenvalue weighted by Gasteiger charge is 2.28. The molecular weight excluding hydrogens is 357 g/mol. The lowest BCUT2D eigenvalue weighted by Crippen LogP contribution is -2.38. The SMILES string of the molecule is Cn1nc2c(cc1=O)CN(S(=O)(=O)Cc1cc(F)ccc1Cl)CC2. The van der Waals surface area contributed by atoms with Gasteiger partial charge in [0.2, 0.25) is 10.0 Å². The van der Waals surface area contributed by atoms with E-state index in [1.54, 1.807) is 7.05 Å². The zero-order chi connectivity index (χ0) is 17.5. The van der Waals surface area contributed by atoms with Gasteiger partial charge in [-0.05, 0) is 29.3 Å². The minimum Gasteiger partial charge on any atom is -0.268 e. The Labute approximate surface area is 143 Å². The fraction of sp³-hybridized carbons (Fsp3) is 0.333. The van der Waals surface area contributed by atoms with Crippen LogP contribution in [0.15, 0.2) is 29.1 Å². The number of fused-ring (bicyclic) bond motifs is 1. The number of aryl methyl sites for hydroxylation is 1. The van der Waals surface area contributed by atoms with Crippen molar-refractivity contribution in [2.75, 3.05) is 6.54 Å². The van der Waals surface area contributed by atoms with E-state index in [0.717, 1.165) is 6.07 Å². The quantitative estimate of drug-likeness (QED) is 0.818. The molecular formula is C15H15ClFN3O3S. The molecule has 0 unspecified atom stereocenters. The first-order valence-corrected chi connectivity index (χ1v) is 9.23. The van der Waals surface area contributed by atoms with Gasteiger partial charge in [-0.1, -0.05) is 11.6 Å². The number of halogens is 2. The molecule has 0 amide bonds. The summed E-state index contributed by atoms with van der Waals surface area (Å²) < 4.78 is 41.1. The molecule has 9 heteroatoms. The van der Waals surface area contributed by atoms with Crippen LogP contribution in [-0.4, -0.2) is 29.0 Å². The summed E-state index contributed by atoms with van der Waals surface area (Å²) in [6, 6.07) is 5.03. The van der Waals surface area contributed by atoms with Crippen LogP contribution < -0.4 is 5.56 Å². The van der Waals surface area contributed by atoms with Gasteiger partial charge < -0.3 is 0 Å². The molecule has 0 aliphatic carbocycles. The van der Waals surface area contributed by atoms with Crippen molar-refractivity contribution in [3.05, 3.63) is 62.3 Å². The maximum absolute atomic E-state index is 13.3. The summed E-state index contributed by atoms with van der Waals surface area (Å²) in [5.41, 5.74) is 1.23. The van der Waals surface area contributed by atoms with Crippen molar-refractivity contribution in [2.45, 2.75) is 18.7 Å². The van der Waals surface area contributed by atoms with E-state index in [9.17, 15) is 17.6 Å². The van der Waals surface area contributed by atoms with Crippen molar-refractivity contribution in [2.24, 2.45) is 7.05 Å². The molecule has 3 rings (SSSR count). The summed E-state index contributed by atoms with van der Waals surface area (Å²) in [5, 5.41) is 4.35. The van der Waals surface area contributed by atoms with Crippen LogP contribution in [0.3, 0.4) is 0 Å². The molecule has 1 aromatic carbocycles. The normalized spacial score (nSPS) is 15.3. The number of benzene rings is 1. The van der Waals surface area contributed by atoms with Crippen LogP contribution in [0.4, 0.5) is 4.39 Å². The van der Waals surface area contributed by atoms with Gasteiger partial charge in [0.05, 0.1) is 11.4 Å². The number of nitrogens with zero attached hydrogens (tertiary/aromatic N) is 3. The maximum atomic E-state index is 13.3. The monoisotopic (exact) mass is 371 g/mol. The Hall–Kier alpha value is -1.77. The number of rotatable bonds is 3. The van der Waals surface area contributed by atoms with Gasteiger partial charge in [0.25, 0.3) is 5.56 Å². The molecule has 2 heterocycles. The maximum Gasteiger partial charge on any atom is 0.266 e. The minimum atomic E-state index is -3.70. The van der Waals surface area contributed by atoms with Crippen molar-refractivity contribution in [3.8, 4) is 0 Å². The Bertz CT molecular complexity index is 959. The van der Waals surface area contributed by atoms with Crippen LogP contribution in [0, 0.1) is 5.82 Å². The molecule has 0 N–H and O–H groups in total. The third-order valence-electron chi connectivity index (χ3n) is 3.94. The van der Waals surface area contributed by atoms with Gasteiger partial charge in [0, 0.05) is 37.6 Å².